The van der Waals surface area contributed by atoms with Crippen molar-refractivity contribution in [2.24, 2.45) is 17.8 Å². The van der Waals surface area contributed by atoms with E-state index in [2.05, 4.69) is 13.5 Å². The smallest absolute Gasteiger partial charge is 0.343 e. The predicted octanol–water partition coefficient (Wildman–Crippen LogP) is 6.93. The molecule has 0 spiro atoms. The average Bonchev–Trinajstić information content (AvgIpc) is 2.78. The predicted molar refractivity (Wildman–Crippen MR) is 120 cm³/mol. The number of ether oxygens (including phenoxy) is 2. The van der Waals surface area contributed by atoms with Crippen LogP contribution in [0.5, 0.6) is 11.5 Å². The fourth-order valence-electron chi connectivity index (χ4n) is 5.32. The number of hydrogen-bond donors (Lipinski definition) is 0. The number of hydrogen-bond acceptors (Lipinski definition) is 3. The molecule has 2 aromatic rings. The molecule has 0 heterocycles. The van der Waals surface area contributed by atoms with Gasteiger partial charge in [0.05, 0.1) is 5.56 Å². The van der Waals surface area contributed by atoms with Crippen molar-refractivity contribution < 1.29 is 18.7 Å². The Bertz CT molecular complexity index is 921. The molecule has 0 radical (unpaired) electrons. The Hall–Kier alpha value is -2.62. The summed E-state index contributed by atoms with van der Waals surface area (Å²) >= 11 is 0. The zero-order valence-electron chi connectivity index (χ0n) is 18.2. The number of halogens is 1. The van der Waals surface area contributed by atoms with Gasteiger partial charge in [-0.05, 0) is 97.7 Å². The topological polar surface area (TPSA) is 35.5 Å². The number of fused-ring (bicyclic) bond motifs is 1. The molecule has 2 aromatic carbocycles. The lowest BCUT2D eigenvalue weighted by Crippen LogP contribution is -2.30. The van der Waals surface area contributed by atoms with Crippen molar-refractivity contribution >= 4 is 5.97 Å². The molecule has 4 heteroatoms. The summed E-state index contributed by atoms with van der Waals surface area (Å²) in [7, 11) is 0. The van der Waals surface area contributed by atoms with E-state index in [1.54, 1.807) is 42.5 Å². The van der Waals surface area contributed by atoms with Gasteiger partial charge in [-0.3, -0.25) is 0 Å². The lowest BCUT2D eigenvalue weighted by Gasteiger charge is -2.41. The fourth-order valence-corrected chi connectivity index (χ4v) is 5.32. The van der Waals surface area contributed by atoms with E-state index < -0.39 is 5.97 Å². The first-order valence-corrected chi connectivity index (χ1v) is 11.4. The Morgan fingerprint density at radius 3 is 2.48 bits per heavy atom. The minimum absolute atomic E-state index is 0.230. The number of rotatable bonds is 6. The molecule has 3 nitrogen and oxygen atoms in total. The Morgan fingerprint density at radius 2 is 1.74 bits per heavy atom. The van der Waals surface area contributed by atoms with Crippen LogP contribution in [-0.2, 0) is 0 Å². The Morgan fingerprint density at radius 1 is 1.03 bits per heavy atom. The van der Waals surface area contributed by atoms with Gasteiger partial charge < -0.3 is 9.47 Å². The number of carbonyl (C=O) groups excluding carboxylic acids is 1. The summed E-state index contributed by atoms with van der Waals surface area (Å²) in [6.45, 7) is 6.37. The van der Waals surface area contributed by atoms with E-state index in [1.165, 1.54) is 31.7 Å². The molecular formula is C27H31FO3. The molecule has 31 heavy (non-hydrogen) atoms. The molecule has 4 unspecified atom stereocenters. The third-order valence-electron chi connectivity index (χ3n) is 6.95. The van der Waals surface area contributed by atoms with Gasteiger partial charge in [0, 0.05) is 0 Å². The third kappa shape index (κ3) is 5.17. The molecule has 0 bridgehead atoms. The van der Waals surface area contributed by atoms with E-state index in [0.29, 0.717) is 18.1 Å². The first-order chi connectivity index (χ1) is 15.0. The molecule has 2 saturated carbocycles. The summed E-state index contributed by atoms with van der Waals surface area (Å²) in [5, 5.41) is 0. The normalized spacial score (nSPS) is 25.4. The minimum atomic E-state index is -0.560. The molecule has 4 atom stereocenters. The van der Waals surface area contributed by atoms with Gasteiger partial charge in [0.15, 0.2) is 0 Å². The molecule has 4 rings (SSSR count). The standard InChI is InChI=1S/C27H31FO3/c1-3-14-30-23-9-11-24(12-10-23)31-27(29)22-8-13-25(26(28)17-22)21-7-6-19-15-18(2)4-5-20(19)16-21/h3,8-13,17-21H,1,4-7,14-16H2,2H3. The van der Waals surface area contributed by atoms with E-state index in [-0.39, 0.29) is 17.3 Å². The number of esters is 1. The van der Waals surface area contributed by atoms with Crippen molar-refractivity contribution in [3.63, 3.8) is 0 Å². The molecule has 0 amide bonds. The SMILES string of the molecule is C=CCOc1ccc(OC(=O)c2ccc(C3CCC4CC(C)CCC4C3)c(F)c2)cc1. The van der Waals surface area contributed by atoms with Crippen LogP contribution in [0.15, 0.2) is 55.1 Å². The average molecular weight is 423 g/mol. The molecule has 2 fully saturated rings. The first-order valence-electron chi connectivity index (χ1n) is 11.4. The largest absolute Gasteiger partial charge is 0.490 e. The van der Waals surface area contributed by atoms with Gasteiger partial charge in [-0.1, -0.05) is 32.1 Å². The van der Waals surface area contributed by atoms with Crippen LogP contribution in [0.3, 0.4) is 0 Å². The first kappa shape index (κ1) is 21.6. The molecule has 2 aliphatic rings. The van der Waals surface area contributed by atoms with Crippen molar-refractivity contribution in [3.05, 3.63) is 72.1 Å². The molecule has 0 aliphatic heterocycles. The van der Waals surface area contributed by atoms with Crippen LogP contribution in [-0.4, -0.2) is 12.6 Å². The second-order valence-electron chi connectivity index (χ2n) is 9.15. The van der Waals surface area contributed by atoms with Gasteiger partial charge in [-0.15, -0.1) is 0 Å². The highest BCUT2D eigenvalue weighted by atomic mass is 19.1. The maximum atomic E-state index is 15.0. The van der Waals surface area contributed by atoms with E-state index in [9.17, 15) is 9.18 Å². The Kier molecular flexibility index (Phi) is 6.74. The maximum absolute atomic E-state index is 15.0. The van der Waals surface area contributed by atoms with Crippen LogP contribution in [0.4, 0.5) is 4.39 Å². The van der Waals surface area contributed by atoms with E-state index in [4.69, 9.17) is 9.47 Å². The van der Waals surface area contributed by atoms with Gasteiger partial charge in [-0.2, -0.15) is 0 Å². The summed E-state index contributed by atoms with van der Waals surface area (Å²) in [5.74, 6) is 2.81. The second-order valence-corrected chi connectivity index (χ2v) is 9.15. The van der Waals surface area contributed by atoms with E-state index in [1.807, 2.05) is 0 Å². The van der Waals surface area contributed by atoms with Gasteiger partial charge in [0.25, 0.3) is 0 Å². The van der Waals surface area contributed by atoms with Gasteiger partial charge in [0.2, 0.25) is 0 Å². The summed E-state index contributed by atoms with van der Waals surface area (Å²) in [4.78, 5) is 12.5. The van der Waals surface area contributed by atoms with Gasteiger partial charge in [-0.25, -0.2) is 9.18 Å². The minimum Gasteiger partial charge on any atom is -0.490 e. The maximum Gasteiger partial charge on any atom is 0.343 e. The fraction of sp³-hybridized carbons (Fsp3) is 0.444. The molecule has 0 saturated heterocycles. The van der Waals surface area contributed by atoms with Crippen LogP contribution < -0.4 is 9.47 Å². The Labute approximate surface area is 184 Å². The molecule has 2 aliphatic carbocycles. The summed E-state index contributed by atoms with van der Waals surface area (Å²) in [6.07, 6.45) is 8.84. The van der Waals surface area contributed by atoms with Crippen molar-refractivity contribution in [1.29, 1.82) is 0 Å². The van der Waals surface area contributed by atoms with Crippen LogP contribution in [0, 0.1) is 23.6 Å². The van der Waals surface area contributed by atoms with Crippen LogP contribution in [0.25, 0.3) is 0 Å². The molecule has 164 valence electrons. The lowest BCUT2D eigenvalue weighted by atomic mass is 9.64. The van der Waals surface area contributed by atoms with Crippen LogP contribution in [0.1, 0.15) is 67.3 Å². The van der Waals surface area contributed by atoms with Crippen molar-refractivity contribution in [2.75, 3.05) is 6.61 Å². The quantitative estimate of drug-likeness (QED) is 0.288. The van der Waals surface area contributed by atoms with E-state index in [0.717, 1.165) is 36.2 Å². The highest BCUT2D eigenvalue weighted by molar-refractivity contribution is 5.91. The van der Waals surface area contributed by atoms with Crippen molar-refractivity contribution in [1.82, 2.24) is 0 Å². The zero-order valence-corrected chi connectivity index (χ0v) is 18.2. The third-order valence-corrected chi connectivity index (χ3v) is 6.95. The van der Waals surface area contributed by atoms with Crippen molar-refractivity contribution in [2.45, 2.75) is 51.4 Å². The lowest BCUT2D eigenvalue weighted by molar-refractivity contribution is 0.0734. The summed E-state index contributed by atoms with van der Waals surface area (Å²) in [5.41, 5.74) is 0.978. The Balaban J connectivity index is 1.39. The van der Waals surface area contributed by atoms with Crippen LogP contribution in [0.2, 0.25) is 0 Å². The van der Waals surface area contributed by atoms with Gasteiger partial charge in [0.1, 0.15) is 23.9 Å². The highest BCUT2D eigenvalue weighted by Crippen LogP contribution is 2.47. The second kappa shape index (κ2) is 9.67. The highest BCUT2D eigenvalue weighted by Gasteiger charge is 2.35. The van der Waals surface area contributed by atoms with Crippen molar-refractivity contribution in [3.8, 4) is 11.5 Å². The van der Waals surface area contributed by atoms with Crippen LogP contribution >= 0.6 is 0 Å². The monoisotopic (exact) mass is 422 g/mol. The molecule has 0 N–H and O–H groups in total. The summed E-state index contributed by atoms with van der Waals surface area (Å²) < 4.78 is 25.8. The molecular weight excluding hydrogens is 391 g/mol. The summed E-state index contributed by atoms with van der Waals surface area (Å²) in [6, 6.07) is 11.6. The number of carbonyl (C=O) groups is 1. The number of benzene rings is 2. The van der Waals surface area contributed by atoms with Gasteiger partial charge >= 0.3 is 5.97 Å². The molecule has 0 aromatic heterocycles. The van der Waals surface area contributed by atoms with E-state index >= 15 is 0 Å². The zero-order chi connectivity index (χ0) is 21.8.